The number of hydrogen-bond acceptors (Lipinski definition) is 2. The van der Waals surface area contributed by atoms with E-state index in [0.29, 0.717) is 6.54 Å². The Kier molecular flexibility index (Phi) is 3.75. The summed E-state index contributed by atoms with van der Waals surface area (Å²) in [5.74, 6) is -1.05. The van der Waals surface area contributed by atoms with Crippen LogP contribution >= 0.6 is 0 Å². The summed E-state index contributed by atoms with van der Waals surface area (Å²) in [5, 5.41) is 5.26. The Morgan fingerprint density at radius 2 is 1.82 bits per heavy atom. The zero-order valence-electron chi connectivity index (χ0n) is 9.61. The highest BCUT2D eigenvalue weighted by molar-refractivity contribution is 6.35. The van der Waals surface area contributed by atoms with Gasteiger partial charge in [-0.15, -0.1) is 0 Å². The Hall–Kier alpha value is -1.84. The highest BCUT2D eigenvalue weighted by Crippen LogP contribution is 2.18. The molecule has 0 aromatic heterocycles. The lowest BCUT2D eigenvalue weighted by Gasteiger charge is -2.05. The molecular weight excluding hydrogens is 216 g/mol. The fourth-order valence-corrected chi connectivity index (χ4v) is 1.52. The van der Waals surface area contributed by atoms with E-state index in [4.69, 9.17) is 0 Å². The van der Waals surface area contributed by atoms with Gasteiger partial charge in [0.25, 0.3) is 0 Å². The lowest BCUT2D eigenvalue weighted by Crippen LogP contribution is -2.41. The normalized spacial score (nSPS) is 14.1. The Morgan fingerprint density at radius 3 is 2.47 bits per heavy atom. The van der Waals surface area contributed by atoms with E-state index in [1.54, 1.807) is 0 Å². The summed E-state index contributed by atoms with van der Waals surface area (Å²) in [4.78, 5) is 22.7. The molecule has 4 heteroatoms. The van der Waals surface area contributed by atoms with E-state index in [-0.39, 0.29) is 6.04 Å². The van der Waals surface area contributed by atoms with Crippen LogP contribution in [0.3, 0.4) is 0 Å². The summed E-state index contributed by atoms with van der Waals surface area (Å²) in [7, 11) is 0. The molecule has 1 fully saturated rings. The van der Waals surface area contributed by atoms with Crippen LogP contribution in [0.25, 0.3) is 0 Å². The van der Waals surface area contributed by atoms with Crippen molar-refractivity contribution in [2.75, 3.05) is 6.54 Å². The minimum atomic E-state index is -0.534. The van der Waals surface area contributed by atoms with Crippen LogP contribution in [0.2, 0.25) is 0 Å². The number of benzene rings is 1. The predicted octanol–water partition coefficient (Wildman–Crippen LogP) is 0.624. The van der Waals surface area contributed by atoms with Gasteiger partial charge in [0.1, 0.15) is 0 Å². The molecule has 0 heterocycles. The van der Waals surface area contributed by atoms with E-state index in [1.807, 2.05) is 30.3 Å². The minimum Gasteiger partial charge on any atom is -0.348 e. The second-order valence-corrected chi connectivity index (χ2v) is 4.24. The molecule has 1 aliphatic carbocycles. The predicted molar refractivity (Wildman–Crippen MR) is 64.3 cm³/mol. The molecule has 2 rings (SSSR count). The first-order valence-corrected chi connectivity index (χ1v) is 5.88. The molecule has 0 spiro atoms. The molecule has 17 heavy (non-hydrogen) atoms. The third kappa shape index (κ3) is 3.90. The number of rotatable bonds is 4. The van der Waals surface area contributed by atoms with Crippen LogP contribution < -0.4 is 10.6 Å². The summed E-state index contributed by atoms with van der Waals surface area (Å²) in [5.41, 5.74) is 1.15. The number of carbonyl (C=O) groups is 2. The van der Waals surface area contributed by atoms with Gasteiger partial charge < -0.3 is 10.6 Å². The molecule has 0 aliphatic heterocycles. The number of nitrogens with one attached hydrogen (secondary N) is 2. The van der Waals surface area contributed by atoms with E-state index in [1.165, 1.54) is 0 Å². The summed E-state index contributed by atoms with van der Waals surface area (Å²) in [6.07, 6.45) is 2.72. The highest BCUT2D eigenvalue weighted by Gasteiger charge is 2.25. The van der Waals surface area contributed by atoms with Crippen LogP contribution in [0.1, 0.15) is 18.4 Å². The lowest BCUT2D eigenvalue weighted by atomic mass is 10.1. The monoisotopic (exact) mass is 232 g/mol. The second-order valence-electron chi connectivity index (χ2n) is 4.24. The minimum absolute atomic E-state index is 0.224. The summed E-state index contributed by atoms with van der Waals surface area (Å²) < 4.78 is 0. The highest BCUT2D eigenvalue weighted by atomic mass is 16.2. The first kappa shape index (κ1) is 11.6. The van der Waals surface area contributed by atoms with Crippen molar-refractivity contribution in [3.8, 4) is 0 Å². The molecule has 1 aromatic rings. The van der Waals surface area contributed by atoms with Gasteiger partial charge in [-0.25, -0.2) is 0 Å². The Labute approximate surface area is 100 Å². The SMILES string of the molecule is O=C(NCCc1ccccc1)C(=O)NC1CC1. The largest absolute Gasteiger partial charge is 0.348 e. The first-order valence-electron chi connectivity index (χ1n) is 5.88. The Bertz CT molecular complexity index is 399. The maximum atomic E-state index is 11.4. The summed E-state index contributed by atoms with van der Waals surface area (Å²) in [6, 6.07) is 10.1. The molecule has 0 atom stereocenters. The van der Waals surface area contributed by atoms with E-state index in [2.05, 4.69) is 10.6 Å². The van der Waals surface area contributed by atoms with Crippen molar-refractivity contribution < 1.29 is 9.59 Å². The van der Waals surface area contributed by atoms with Crippen LogP contribution in [0.5, 0.6) is 0 Å². The number of hydrogen-bond donors (Lipinski definition) is 2. The zero-order chi connectivity index (χ0) is 12.1. The van der Waals surface area contributed by atoms with E-state index >= 15 is 0 Å². The molecular formula is C13H16N2O2. The van der Waals surface area contributed by atoms with E-state index in [9.17, 15) is 9.59 Å². The molecule has 1 aliphatic rings. The van der Waals surface area contributed by atoms with Gasteiger partial charge in [0.05, 0.1) is 0 Å². The van der Waals surface area contributed by atoms with Crippen molar-refractivity contribution in [1.29, 1.82) is 0 Å². The molecule has 4 nitrogen and oxygen atoms in total. The van der Waals surface area contributed by atoms with Crippen LogP contribution in [0.4, 0.5) is 0 Å². The number of amides is 2. The molecule has 0 bridgehead atoms. The molecule has 90 valence electrons. The van der Waals surface area contributed by atoms with Gasteiger partial charge >= 0.3 is 11.8 Å². The van der Waals surface area contributed by atoms with Crippen molar-refractivity contribution in [2.45, 2.75) is 25.3 Å². The van der Waals surface area contributed by atoms with Crippen LogP contribution in [-0.2, 0) is 16.0 Å². The van der Waals surface area contributed by atoms with Gasteiger partial charge in [-0.05, 0) is 24.8 Å². The molecule has 0 saturated heterocycles. The van der Waals surface area contributed by atoms with Crippen molar-refractivity contribution in [2.24, 2.45) is 0 Å². The molecule has 1 saturated carbocycles. The molecule has 0 unspecified atom stereocenters. The maximum Gasteiger partial charge on any atom is 0.309 e. The van der Waals surface area contributed by atoms with Gasteiger partial charge in [0.2, 0.25) is 0 Å². The van der Waals surface area contributed by atoms with Crippen molar-refractivity contribution in [3.05, 3.63) is 35.9 Å². The molecule has 1 aromatic carbocycles. The molecule has 2 amide bonds. The summed E-state index contributed by atoms with van der Waals surface area (Å²) in [6.45, 7) is 0.487. The van der Waals surface area contributed by atoms with Crippen LogP contribution in [0, 0.1) is 0 Å². The third-order valence-electron chi connectivity index (χ3n) is 2.66. The topological polar surface area (TPSA) is 58.2 Å². The fourth-order valence-electron chi connectivity index (χ4n) is 1.52. The van der Waals surface area contributed by atoms with Crippen LogP contribution in [0.15, 0.2) is 30.3 Å². The van der Waals surface area contributed by atoms with Gasteiger partial charge in [-0.3, -0.25) is 9.59 Å². The Balaban J connectivity index is 1.67. The summed E-state index contributed by atoms with van der Waals surface area (Å²) >= 11 is 0. The molecule has 0 radical (unpaired) electrons. The fraction of sp³-hybridized carbons (Fsp3) is 0.385. The van der Waals surface area contributed by atoms with E-state index < -0.39 is 11.8 Å². The zero-order valence-corrected chi connectivity index (χ0v) is 9.61. The standard InChI is InChI=1S/C13H16N2O2/c16-12(13(17)15-11-6-7-11)14-9-8-10-4-2-1-3-5-10/h1-5,11H,6-9H2,(H,14,16)(H,15,17). The van der Waals surface area contributed by atoms with E-state index in [0.717, 1.165) is 24.8 Å². The van der Waals surface area contributed by atoms with Gasteiger partial charge in [0, 0.05) is 12.6 Å². The van der Waals surface area contributed by atoms with Crippen molar-refractivity contribution in [3.63, 3.8) is 0 Å². The smallest absolute Gasteiger partial charge is 0.309 e. The first-order chi connectivity index (χ1) is 8.25. The van der Waals surface area contributed by atoms with Gasteiger partial charge in [0.15, 0.2) is 0 Å². The van der Waals surface area contributed by atoms with Crippen molar-refractivity contribution >= 4 is 11.8 Å². The maximum absolute atomic E-state index is 11.4. The second kappa shape index (κ2) is 5.48. The molecule has 2 N–H and O–H groups in total. The van der Waals surface area contributed by atoms with Crippen LogP contribution in [-0.4, -0.2) is 24.4 Å². The van der Waals surface area contributed by atoms with Gasteiger partial charge in [-0.1, -0.05) is 30.3 Å². The lowest BCUT2D eigenvalue weighted by molar-refractivity contribution is -0.139. The Morgan fingerprint density at radius 1 is 1.12 bits per heavy atom. The van der Waals surface area contributed by atoms with Crippen molar-refractivity contribution in [1.82, 2.24) is 10.6 Å². The number of carbonyl (C=O) groups excluding carboxylic acids is 2. The average Bonchev–Trinajstić information content (AvgIpc) is 3.14. The quantitative estimate of drug-likeness (QED) is 0.748. The average molecular weight is 232 g/mol. The third-order valence-corrected chi connectivity index (χ3v) is 2.66. The van der Waals surface area contributed by atoms with Gasteiger partial charge in [-0.2, -0.15) is 0 Å².